The Morgan fingerprint density at radius 1 is 1.53 bits per heavy atom. The molecule has 0 fully saturated rings. The molecule has 0 saturated carbocycles. The third-order valence-electron chi connectivity index (χ3n) is 2.80. The summed E-state index contributed by atoms with van der Waals surface area (Å²) >= 11 is 0. The minimum atomic E-state index is -1.01. The highest BCUT2D eigenvalue weighted by molar-refractivity contribution is 5.88. The molecule has 0 aromatic carbocycles. The van der Waals surface area contributed by atoms with Crippen LogP contribution < -0.4 is 5.32 Å². The zero-order chi connectivity index (χ0) is 13.7. The molecule has 0 radical (unpaired) electrons. The van der Waals surface area contributed by atoms with Crippen molar-refractivity contribution in [1.82, 2.24) is 25.1 Å². The fourth-order valence-electron chi connectivity index (χ4n) is 1.74. The van der Waals surface area contributed by atoms with Gasteiger partial charge in [-0.3, -0.25) is 4.68 Å². The molecular weight excluding hydrogens is 246 g/mol. The first-order valence-corrected chi connectivity index (χ1v) is 5.88. The molecule has 0 unspecified atom stereocenters. The Hall–Kier alpha value is -2.28. The summed E-state index contributed by atoms with van der Waals surface area (Å²) in [5.74, 6) is -1.01. The van der Waals surface area contributed by atoms with E-state index < -0.39 is 5.97 Å². The van der Waals surface area contributed by atoms with E-state index in [-0.39, 0.29) is 5.56 Å². The molecule has 0 atom stereocenters. The normalized spacial score (nSPS) is 10.6. The van der Waals surface area contributed by atoms with Crippen molar-refractivity contribution in [2.75, 3.05) is 6.54 Å². The molecule has 7 nitrogen and oxygen atoms in total. The van der Waals surface area contributed by atoms with Crippen molar-refractivity contribution in [3.05, 3.63) is 41.7 Å². The monoisotopic (exact) mass is 261 g/mol. The van der Waals surface area contributed by atoms with E-state index >= 15 is 0 Å². The van der Waals surface area contributed by atoms with Crippen LogP contribution in [0, 0.1) is 0 Å². The highest BCUT2D eigenvalue weighted by atomic mass is 16.4. The second-order valence-corrected chi connectivity index (χ2v) is 4.06. The summed E-state index contributed by atoms with van der Waals surface area (Å²) in [6, 6.07) is 1.95. The number of aromatic carboxylic acids is 1. The van der Waals surface area contributed by atoms with Gasteiger partial charge in [0, 0.05) is 44.6 Å². The summed E-state index contributed by atoms with van der Waals surface area (Å²) in [6.45, 7) is 1.13. The second-order valence-electron chi connectivity index (χ2n) is 4.06. The van der Waals surface area contributed by atoms with E-state index in [0.29, 0.717) is 12.2 Å². The smallest absolute Gasteiger partial charge is 0.339 e. The van der Waals surface area contributed by atoms with Crippen molar-refractivity contribution in [2.45, 2.75) is 13.0 Å². The number of rotatable bonds is 6. The average molecular weight is 261 g/mol. The van der Waals surface area contributed by atoms with E-state index in [1.165, 1.54) is 12.5 Å². The van der Waals surface area contributed by atoms with Gasteiger partial charge >= 0.3 is 5.97 Å². The van der Waals surface area contributed by atoms with Crippen LogP contribution in [-0.4, -0.2) is 37.4 Å². The van der Waals surface area contributed by atoms with Crippen LogP contribution in [0.2, 0.25) is 0 Å². The first-order chi connectivity index (χ1) is 9.18. The molecule has 0 bridgehead atoms. The van der Waals surface area contributed by atoms with Crippen LogP contribution in [0.4, 0.5) is 0 Å². The Kier molecular flexibility index (Phi) is 4.19. The van der Waals surface area contributed by atoms with Gasteiger partial charge in [-0.05, 0) is 6.07 Å². The van der Waals surface area contributed by atoms with Crippen molar-refractivity contribution >= 4 is 5.97 Å². The van der Waals surface area contributed by atoms with Crippen molar-refractivity contribution in [3.8, 4) is 0 Å². The summed E-state index contributed by atoms with van der Waals surface area (Å²) in [5, 5.41) is 16.2. The molecule has 2 rings (SSSR count). The van der Waals surface area contributed by atoms with Gasteiger partial charge in [-0.15, -0.1) is 0 Å². The molecule has 2 heterocycles. The minimum absolute atomic E-state index is 0.135. The average Bonchev–Trinajstić information content (AvgIpc) is 2.80. The number of carboxylic acids is 1. The van der Waals surface area contributed by atoms with Crippen LogP contribution in [0.25, 0.3) is 0 Å². The fraction of sp³-hybridized carbons (Fsp3) is 0.333. The van der Waals surface area contributed by atoms with Crippen LogP contribution >= 0.6 is 0 Å². The van der Waals surface area contributed by atoms with Gasteiger partial charge in [-0.25, -0.2) is 14.8 Å². The quantitative estimate of drug-likeness (QED) is 0.724. The molecule has 2 N–H and O–H groups in total. The van der Waals surface area contributed by atoms with Gasteiger partial charge in [0.05, 0.1) is 5.69 Å². The Morgan fingerprint density at radius 2 is 2.37 bits per heavy atom. The maximum Gasteiger partial charge on any atom is 0.339 e. The lowest BCUT2D eigenvalue weighted by molar-refractivity contribution is 0.0694. The number of aryl methyl sites for hydroxylation is 1. The predicted octanol–water partition coefficient (Wildman–Crippen LogP) is 0.241. The molecule has 0 aliphatic rings. The van der Waals surface area contributed by atoms with E-state index in [2.05, 4.69) is 20.4 Å². The molecule has 19 heavy (non-hydrogen) atoms. The number of carbonyl (C=O) groups is 1. The largest absolute Gasteiger partial charge is 0.478 e. The predicted molar refractivity (Wildman–Crippen MR) is 67.6 cm³/mol. The lowest BCUT2D eigenvalue weighted by Crippen LogP contribution is -2.20. The van der Waals surface area contributed by atoms with Crippen molar-refractivity contribution in [2.24, 2.45) is 7.05 Å². The van der Waals surface area contributed by atoms with Crippen molar-refractivity contribution < 1.29 is 9.90 Å². The number of hydrogen-bond acceptors (Lipinski definition) is 5. The fourth-order valence-corrected chi connectivity index (χ4v) is 1.74. The van der Waals surface area contributed by atoms with E-state index in [0.717, 1.165) is 18.7 Å². The van der Waals surface area contributed by atoms with Gasteiger partial charge in [0.2, 0.25) is 0 Å². The Bertz CT molecular complexity index is 567. The van der Waals surface area contributed by atoms with Gasteiger partial charge in [0.25, 0.3) is 0 Å². The third-order valence-corrected chi connectivity index (χ3v) is 2.80. The van der Waals surface area contributed by atoms with Crippen LogP contribution in [-0.2, 0) is 20.0 Å². The zero-order valence-electron chi connectivity index (χ0n) is 10.6. The summed E-state index contributed by atoms with van der Waals surface area (Å²) in [7, 11) is 1.89. The lowest BCUT2D eigenvalue weighted by atomic mass is 10.2. The first-order valence-electron chi connectivity index (χ1n) is 5.88. The summed E-state index contributed by atoms with van der Waals surface area (Å²) in [5.41, 5.74) is 1.75. The SMILES string of the molecule is Cn1nccc1CCNCc1ncncc1C(=O)O. The van der Waals surface area contributed by atoms with Gasteiger partial charge in [0.15, 0.2) is 0 Å². The van der Waals surface area contributed by atoms with E-state index in [1.807, 2.05) is 17.8 Å². The van der Waals surface area contributed by atoms with Gasteiger partial charge in [0.1, 0.15) is 11.9 Å². The maximum absolute atomic E-state index is 11.0. The number of carboxylic acid groups (broad SMARTS) is 1. The summed E-state index contributed by atoms with van der Waals surface area (Å²) < 4.78 is 1.81. The van der Waals surface area contributed by atoms with Gasteiger partial charge < -0.3 is 10.4 Å². The molecule has 0 amide bonds. The number of nitrogens with one attached hydrogen (secondary N) is 1. The third kappa shape index (κ3) is 3.35. The first kappa shape index (κ1) is 13.2. The number of aromatic nitrogens is 4. The van der Waals surface area contributed by atoms with Crippen LogP contribution in [0.15, 0.2) is 24.8 Å². The molecule has 2 aromatic rings. The van der Waals surface area contributed by atoms with Crippen LogP contribution in [0.5, 0.6) is 0 Å². The molecule has 0 aliphatic heterocycles. The second kappa shape index (κ2) is 6.05. The van der Waals surface area contributed by atoms with E-state index in [4.69, 9.17) is 5.11 Å². The molecule has 0 aliphatic carbocycles. The van der Waals surface area contributed by atoms with Crippen LogP contribution in [0.3, 0.4) is 0 Å². The molecule has 100 valence electrons. The minimum Gasteiger partial charge on any atom is -0.478 e. The summed E-state index contributed by atoms with van der Waals surface area (Å²) in [4.78, 5) is 18.7. The molecule has 0 spiro atoms. The standard InChI is InChI=1S/C12H15N5O2/c1-17-9(3-5-16-17)2-4-13-7-11-10(12(18)19)6-14-8-15-11/h3,5-6,8,13H,2,4,7H2,1H3,(H,18,19). The lowest BCUT2D eigenvalue weighted by Gasteiger charge is -2.06. The molecule has 2 aromatic heterocycles. The van der Waals surface area contributed by atoms with Crippen LogP contribution in [0.1, 0.15) is 21.7 Å². The topological polar surface area (TPSA) is 92.9 Å². The van der Waals surface area contributed by atoms with E-state index in [9.17, 15) is 4.79 Å². The highest BCUT2D eigenvalue weighted by Crippen LogP contribution is 2.03. The van der Waals surface area contributed by atoms with Gasteiger partial charge in [-0.2, -0.15) is 5.10 Å². The highest BCUT2D eigenvalue weighted by Gasteiger charge is 2.10. The Balaban J connectivity index is 1.86. The van der Waals surface area contributed by atoms with Crippen molar-refractivity contribution in [1.29, 1.82) is 0 Å². The maximum atomic E-state index is 11.0. The summed E-state index contributed by atoms with van der Waals surface area (Å²) in [6.07, 6.45) is 5.24. The molecule has 0 saturated heterocycles. The van der Waals surface area contributed by atoms with Gasteiger partial charge in [-0.1, -0.05) is 0 Å². The number of hydrogen-bond donors (Lipinski definition) is 2. The Morgan fingerprint density at radius 3 is 3.05 bits per heavy atom. The van der Waals surface area contributed by atoms with E-state index in [1.54, 1.807) is 6.20 Å². The zero-order valence-corrected chi connectivity index (χ0v) is 10.6. The molecule has 7 heteroatoms. The Labute approximate surface area is 110 Å². The number of nitrogens with zero attached hydrogens (tertiary/aromatic N) is 4. The van der Waals surface area contributed by atoms with Crippen molar-refractivity contribution in [3.63, 3.8) is 0 Å². The molecular formula is C12H15N5O2.